The number of hydrogen-bond donors (Lipinski definition) is 2. The van der Waals surface area contributed by atoms with Gasteiger partial charge in [-0.05, 0) is 19.1 Å². The molecule has 1 aromatic heterocycles. The van der Waals surface area contributed by atoms with Crippen molar-refractivity contribution >= 4 is 23.3 Å². The zero-order chi connectivity index (χ0) is 15.2. The minimum Gasteiger partial charge on any atom is -0.324 e. The number of nitrogens with one attached hydrogen (secondary N) is 2. The molecule has 2 aromatic rings. The van der Waals surface area contributed by atoms with E-state index in [0.29, 0.717) is 12.2 Å². The van der Waals surface area contributed by atoms with Crippen LogP contribution in [0.5, 0.6) is 0 Å². The number of anilines is 2. The summed E-state index contributed by atoms with van der Waals surface area (Å²) in [5.74, 6) is -0.0201. The number of carbonyl (C=O) groups is 2. The van der Waals surface area contributed by atoms with Gasteiger partial charge in [0.05, 0.1) is 6.20 Å². The quantitative estimate of drug-likeness (QED) is 0.873. The fourth-order valence-corrected chi connectivity index (χ4v) is 1.65. The van der Waals surface area contributed by atoms with Gasteiger partial charge in [0, 0.05) is 12.1 Å². The highest BCUT2D eigenvalue weighted by molar-refractivity contribution is 5.91. The van der Waals surface area contributed by atoms with Gasteiger partial charge in [0.15, 0.2) is 5.82 Å². The van der Waals surface area contributed by atoms with Crippen LogP contribution in [0.15, 0.2) is 30.5 Å². The lowest BCUT2D eigenvalue weighted by Gasteiger charge is -2.05. The summed E-state index contributed by atoms with van der Waals surface area (Å²) >= 11 is 0. The molecule has 0 aliphatic heterocycles. The van der Waals surface area contributed by atoms with E-state index in [1.165, 1.54) is 10.9 Å². The molecule has 2 amide bonds. The van der Waals surface area contributed by atoms with E-state index in [1.807, 2.05) is 31.2 Å². The molecule has 0 saturated heterocycles. The summed E-state index contributed by atoms with van der Waals surface area (Å²) in [6.45, 7) is 3.75. The molecule has 0 unspecified atom stereocenters. The van der Waals surface area contributed by atoms with Gasteiger partial charge in [-0.15, -0.1) is 5.10 Å². The van der Waals surface area contributed by atoms with Gasteiger partial charge in [-0.3, -0.25) is 9.59 Å². The number of aromatic nitrogens is 3. The van der Waals surface area contributed by atoms with Gasteiger partial charge in [-0.1, -0.05) is 29.8 Å². The molecule has 7 nitrogen and oxygen atoms in total. The number of amides is 2. The van der Waals surface area contributed by atoms with Crippen molar-refractivity contribution in [1.29, 1.82) is 0 Å². The molecule has 7 heteroatoms. The maximum absolute atomic E-state index is 11.9. The molecule has 2 rings (SSSR count). The highest BCUT2D eigenvalue weighted by atomic mass is 16.2. The second kappa shape index (κ2) is 6.65. The first-order valence-corrected chi connectivity index (χ1v) is 6.63. The van der Waals surface area contributed by atoms with Gasteiger partial charge in [-0.2, -0.15) is 0 Å². The summed E-state index contributed by atoms with van der Waals surface area (Å²) in [6, 6.07) is 7.51. The Balaban J connectivity index is 1.90. The van der Waals surface area contributed by atoms with Crippen molar-refractivity contribution in [3.05, 3.63) is 36.0 Å². The zero-order valence-electron chi connectivity index (χ0n) is 12.0. The van der Waals surface area contributed by atoms with E-state index in [0.717, 1.165) is 11.3 Å². The Bertz CT molecular complexity index is 633. The fourth-order valence-electron chi connectivity index (χ4n) is 1.65. The van der Waals surface area contributed by atoms with Crippen LogP contribution in [0.1, 0.15) is 18.9 Å². The van der Waals surface area contributed by atoms with Crippen LogP contribution in [0.3, 0.4) is 0 Å². The second-order valence-electron chi connectivity index (χ2n) is 4.62. The molecule has 1 aromatic carbocycles. The van der Waals surface area contributed by atoms with Crippen LogP contribution in [-0.4, -0.2) is 26.8 Å². The van der Waals surface area contributed by atoms with E-state index >= 15 is 0 Å². The Kier molecular flexibility index (Phi) is 4.65. The van der Waals surface area contributed by atoms with Crippen molar-refractivity contribution in [3.63, 3.8) is 0 Å². The molecular formula is C14H17N5O2. The van der Waals surface area contributed by atoms with E-state index in [9.17, 15) is 9.59 Å². The first-order valence-electron chi connectivity index (χ1n) is 6.63. The molecule has 0 aliphatic rings. The lowest BCUT2D eigenvalue weighted by molar-refractivity contribution is -0.117. The summed E-state index contributed by atoms with van der Waals surface area (Å²) in [7, 11) is 0. The number of rotatable bonds is 5. The molecule has 0 spiro atoms. The molecule has 0 atom stereocenters. The van der Waals surface area contributed by atoms with Gasteiger partial charge in [0.1, 0.15) is 6.54 Å². The third-order valence-electron chi connectivity index (χ3n) is 2.77. The standard InChI is InChI=1S/C14H17N5O2/c1-3-13(20)16-12-8-19(18-17-12)9-14(21)15-11-6-4-10(2)5-7-11/h4-8H,3,9H2,1-2H3,(H,15,21)(H,16,20). The average Bonchev–Trinajstić information content (AvgIpc) is 2.88. The summed E-state index contributed by atoms with van der Waals surface area (Å²) < 4.78 is 1.37. The Morgan fingerprint density at radius 2 is 1.86 bits per heavy atom. The Labute approximate surface area is 122 Å². The summed E-state index contributed by atoms with van der Waals surface area (Å²) in [4.78, 5) is 23.1. The maximum atomic E-state index is 11.9. The van der Waals surface area contributed by atoms with Crippen LogP contribution >= 0.6 is 0 Å². The molecule has 0 saturated carbocycles. The van der Waals surface area contributed by atoms with Crippen LogP contribution in [0.4, 0.5) is 11.5 Å². The van der Waals surface area contributed by atoms with Crippen LogP contribution in [0.2, 0.25) is 0 Å². The van der Waals surface area contributed by atoms with Crippen LogP contribution in [0, 0.1) is 6.92 Å². The molecular weight excluding hydrogens is 270 g/mol. The van der Waals surface area contributed by atoms with Gasteiger partial charge >= 0.3 is 0 Å². The third-order valence-corrected chi connectivity index (χ3v) is 2.77. The van der Waals surface area contributed by atoms with Crippen molar-refractivity contribution < 1.29 is 9.59 Å². The van der Waals surface area contributed by atoms with Crippen molar-refractivity contribution in [2.45, 2.75) is 26.8 Å². The van der Waals surface area contributed by atoms with Crippen LogP contribution in [0.25, 0.3) is 0 Å². The Morgan fingerprint density at radius 1 is 1.14 bits per heavy atom. The number of hydrogen-bond acceptors (Lipinski definition) is 4. The van der Waals surface area contributed by atoms with Gasteiger partial charge in [-0.25, -0.2) is 4.68 Å². The maximum Gasteiger partial charge on any atom is 0.246 e. The number of nitrogens with zero attached hydrogens (tertiary/aromatic N) is 3. The normalized spacial score (nSPS) is 10.2. The Morgan fingerprint density at radius 3 is 2.52 bits per heavy atom. The van der Waals surface area contributed by atoms with Crippen molar-refractivity contribution in [3.8, 4) is 0 Å². The summed E-state index contributed by atoms with van der Waals surface area (Å²) in [5.41, 5.74) is 1.85. The topological polar surface area (TPSA) is 88.9 Å². The third kappa shape index (κ3) is 4.41. The number of benzene rings is 1. The first-order chi connectivity index (χ1) is 10.1. The lowest BCUT2D eigenvalue weighted by Crippen LogP contribution is -2.19. The lowest BCUT2D eigenvalue weighted by atomic mass is 10.2. The highest BCUT2D eigenvalue weighted by Crippen LogP contribution is 2.08. The predicted octanol–water partition coefficient (Wildman–Crippen LogP) is 1.57. The number of carbonyl (C=O) groups excluding carboxylic acids is 2. The monoisotopic (exact) mass is 287 g/mol. The van der Waals surface area contributed by atoms with Gasteiger partial charge in [0.2, 0.25) is 11.8 Å². The van der Waals surface area contributed by atoms with E-state index in [1.54, 1.807) is 6.92 Å². The highest BCUT2D eigenvalue weighted by Gasteiger charge is 2.08. The van der Waals surface area contributed by atoms with Crippen molar-refractivity contribution in [1.82, 2.24) is 15.0 Å². The molecule has 2 N–H and O–H groups in total. The largest absolute Gasteiger partial charge is 0.324 e. The van der Waals surface area contributed by atoms with E-state index in [2.05, 4.69) is 20.9 Å². The minimum atomic E-state index is -0.211. The summed E-state index contributed by atoms with van der Waals surface area (Å²) in [5, 5.41) is 12.9. The molecule has 21 heavy (non-hydrogen) atoms. The fraction of sp³-hybridized carbons (Fsp3) is 0.286. The molecule has 0 radical (unpaired) electrons. The van der Waals surface area contributed by atoms with E-state index < -0.39 is 0 Å². The zero-order valence-corrected chi connectivity index (χ0v) is 12.0. The molecule has 0 fully saturated rings. The van der Waals surface area contributed by atoms with Crippen LogP contribution in [-0.2, 0) is 16.1 Å². The van der Waals surface area contributed by atoms with Crippen LogP contribution < -0.4 is 10.6 Å². The van der Waals surface area contributed by atoms with E-state index in [-0.39, 0.29) is 18.4 Å². The summed E-state index contributed by atoms with van der Waals surface area (Å²) in [6.07, 6.45) is 1.88. The smallest absolute Gasteiger partial charge is 0.246 e. The van der Waals surface area contributed by atoms with E-state index in [4.69, 9.17) is 0 Å². The molecule has 110 valence electrons. The van der Waals surface area contributed by atoms with Gasteiger partial charge < -0.3 is 10.6 Å². The van der Waals surface area contributed by atoms with Gasteiger partial charge in [0.25, 0.3) is 0 Å². The second-order valence-corrected chi connectivity index (χ2v) is 4.62. The average molecular weight is 287 g/mol. The Hall–Kier alpha value is -2.70. The number of aryl methyl sites for hydroxylation is 1. The SMILES string of the molecule is CCC(=O)Nc1cn(CC(=O)Nc2ccc(C)cc2)nn1. The minimum absolute atomic E-state index is 0.0306. The first kappa shape index (κ1) is 14.7. The van der Waals surface area contributed by atoms with Crippen molar-refractivity contribution in [2.75, 3.05) is 10.6 Å². The molecule has 1 heterocycles. The molecule has 0 aliphatic carbocycles. The predicted molar refractivity (Wildman–Crippen MR) is 78.8 cm³/mol. The van der Waals surface area contributed by atoms with Crippen molar-refractivity contribution in [2.24, 2.45) is 0 Å². The molecule has 0 bridgehead atoms.